The van der Waals surface area contributed by atoms with Crippen LogP contribution in [0.4, 0.5) is 14.5 Å². The first kappa shape index (κ1) is 11.4. The van der Waals surface area contributed by atoms with E-state index in [1.807, 2.05) is 0 Å². The molecule has 0 saturated carbocycles. The highest BCUT2D eigenvalue weighted by atomic mass is 19.1. The zero-order valence-electron chi connectivity index (χ0n) is 8.13. The molecular formula is C10H11F2NO2. The Morgan fingerprint density at radius 2 is 2.20 bits per heavy atom. The van der Waals surface area contributed by atoms with E-state index < -0.39 is 23.5 Å². The van der Waals surface area contributed by atoms with Gasteiger partial charge in [-0.05, 0) is 18.2 Å². The summed E-state index contributed by atoms with van der Waals surface area (Å²) >= 11 is 0. The van der Waals surface area contributed by atoms with Crippen molar-refractivity contribution in [1.29, 1.82) is 0 Å². The first-order valence-corrected chi connectivity index (χ1v) is 4.42. The molecular weight excluding hydrogens is 204 g/mol. The number of rotatable bonds is 4. The lowest BCUT2D eigenvalue weighted by molar-refractivity contribution is -0.140. The predicted molar refractivity (Wildman–Crippen MR) is 51.6 cm³/mol. The zero-order valence-corrected chi connectivity index (χ0v) is 8.13. The molecule has 0 spiro atoms. The molecule has 0 heterocycles. The molecule has 0 radical (unpaired) electrons. The van der Waals surface area contributed by atoms with E-state index in [4.69, 9.17) is 5.11 Å². The van der Waals surface area contributed by atoms with Gasteiger partial charge in [-0.25, -0.2) is 8.78 Å². The Bertz CT molecular complexity index is 368. The van der Waals surface area contributed by atoms with Crippen molar-refractivity contribution in [3.63, 3.8) is 0 Å². The van der Waals surface area contributed by atoms with Gasteiger partial charge in [-0.3, -0.25) is 4.79 Å². The standard InChI is InChI=1S/C10H11F2NO2/c1-6(10(14)15)5-13-9-4-7(11)2-3-8(9)12/h2-4,6,13H,5H2,1H3,(H,14,15). The van der Waals surface area contributed by atoms with Crippen molar-refractivity contribution < 1.29 is 18.7 Å². The van der Waals surface area contributed by atoms with Crippen LogP contribution in [0, 0.1) is 17.6 Å². The Hall–Kier alpha value is -1.65. The van der Waals surface area contributed by atoms with Gasteiger partial charge in [0.25, 0.3) is 0 Å². The monoisotopic (exact) mass is 215 g/mol. The van der Waals surface area contributed by atoms with Gasteiger partial charge in [-0.1, -0.05) is 6.92 Å². The first-order chi connectivity index (χ1) is 7.00. The van der Waals surface area contributed by atoms with E-state index >= 15 is 0 Å². The summed E-state index contributed by atoms with van der Waals surface area (Å²) in [5.41, 5.74) is -0.0249. The second kappa shape index (κ2) is 4.72. The second-order valence-corrected chi connectivity index (χ2v) is 3.24. The van der Waals surface area contributed by atoms with E-state index in [2.05, 4.69) is 5.32 Å². The number of benzene rings is 1. The van der Waals surface area contributed by atoms with E-state index in [9.17, 15) is 13.6 Å². The summed E-state index contributed by atoms with van der Waals surface area (Å²) in [6.45, 7) is 1.53. The van der Waals surface area contributed by atoms with Crippen molar-refractivity contribution in [1.82, 2.24) is 0 Å². The minimum Gasteiger partial charge on any atom is -0.481 e. The fraction of sp³-hybridized carbons (Fsp3) is 0.300. The van der Waals surface area contributed by atoms with Crippen LogP contribution < -0.4 is 5.32 Å². The maximum absolute atomic E-state index is 13.0. The summed E-state index contributed by atoms with van der Waals surface area (Å²) in [4.78, 5) is 10.5. The molecule has 3 nitrogen and oxygen atoms in total. The molecule has 1 unspecified atom stereocenters. The summed E-state index contributed by atoms with van der Waals surface area (Å²) in [6.07, 6.45) is 0. The predicted octanol–water partition coefficient (Wildman–Crippen LogP) is 2.10. The van der Waals surface area contributed by atoms with Gasteiger partial charge >= 0.3 is 5.97 Å². The largest absolute Gasteiger partial charge is 0.481 e. The highest BCUT2D eigenvalue weighted by Crippen LogP contribution is 2.15. The van der Waals surface area contributed by atoms with Crippen LogP contribution in [-0.2, 0) is 4.79 Å². The molecule has 1 aromatic rings. The van der Waals surface area contributed by atoms with Crippen molar-refractivity contribution in [2.75, 3.05) is 11.9 Å². The van der Waals surface area contributed by atoms with E-state index in [0.717, 1.165) is 18.2 Å². The number of carboxylic acid groups (broad SMARTS) is 1. The van der Waals surface area contributed by atoms with E-state index in [1.165, 1.54) is 6.92 Å². The highest BCUT2D eigenvalue weighted by Gasteiger charge is 2.11. The van der Waals surface area contributed by atoms with Crippen molar-refractivity contribution >= 4 is 11.7 Å². The Kier molecular flexibility index (Phi) is 3.60. The van der Waals surface area contributed by atoms with Crippen molar-refractivity contribution in [3.05, 3.63) is 29.8 Å². The quantitative estimate of drug-likeness (QED) is 0.808. The van der Waals surface area contributed by atoms with Crippen LogP contribution in [0.3, 0.4) is 0 Å². The van der Waals surface area contributed by atoms with Gasteiger partial charge in [-0.2, -0.15) is 0 Å². The fourth-order valence-electron chi connectivity index (χ4n) is 0.983. The number of halogens is 2. The van der Waals surface area contributed by atoms with Gasteiger partial charge < -0.3 is 10.4 Å². The van der Waals surface area contributed by atoms with Crippen LogP contribution in [0.25, 0.3) is 0 Å². The molecule has 0 aromatic heterocycles. The molecule has 0 amide bonds. The highest BCUT2D eigenvalue weighted by molar-refractivity contribution is 5.70. The summed E-state index contributed by atoms with van der Waals surface area (Å²) in [7, 11) is 0. The van der Waals surface area contributed by atoms with Gasteiger partial charge in [0.15, 0.2) is 0 Å². The normalized spacial score (nSPS) is 12.2. The lowest BCUT2D eigenvalue weighted by Gasteiger charge is -2.10. The summed E-state index contributed by atoms with van der Waals surface area (Å²) in [6, 6.07) is 2.98. The molecule has 15 heavy (non-hydrogen) atoms. The lowest BCUT2D eigenvalue weighted by Crippen LogP contribution is -2.20. The number of carboxylic acids is 1. The molecule has 1 atom stereocenters. The third kappa shape index (κ3) is 3.19. The molecule has 0 fully saturated rings. The molecule has 2 N–H and O–H groups in total. The van der Waals surface area contributed by atoms with Crippen molar-refractivity contribution in [2.45, 2.75) is 6.92 Å². The van der Waals surface area contributed by atoms with E-state index in [1.54, 1.807) is 0 Å². The van der Waals surface area contributed by atoms with Crippen molar-refractivity contribution in [3.8, 4) is 0 Å². The SMILES string of the molecule is CC(CNc1cc(F)ccc1F)C(=O)O. The number of anilines is 1. The smallest absolute Gasteiger partial charge is 0.308 e. The summed E-state index contributed by atoms with van der Waals surface area (Å²) in [5.74, 6) is -2.82. The number of aliphatic carboxylic acids is 1. The van der Waals surface area contributed by atoms with Crippen LogP contribution in [0.15, 0.2) is 18.2 Å². The first-order valence-electron chi connectivity index (χ1n) is 4.42. The third-order valence-corrected chi connectivity index (χ3v) is 1.95. The molecule has 5 heteroatoms. The molecule has 0 saturated heterocycles. The van der Waals surface area contributed by atoms with E-state index in [0.29, 0.717) is 0 Å². The molecule has 0 aliphatic heterocycles. The number of hydrogen-bond donors (Lipinski definition) is 2. The van der Waals surface area contributed by atoms with Crippen LogP contribution in [0.5, 0.6) is 0 Å². The average molecular weight is 215 g/mol. The van der Waals surface area contributed by atoms with Crippen LogP contribution in [-0.4, -0.2) is 17.6 Å². The molecule has 1 rings (SSSR count). The molecule has 82 valence electrons. The maximum atomic E-state index is 13.0. The molecule has 1 aromatic carbocycles. The van der Waals surface area contributed by atoms with Crippen LogP contribution in [0.2, 0.25) is 0 Å². The zero-order chi connectivity index (χ0) is 11.4. The Morgan fingerprint density at radius 1 is 1.53 bits per heavy atom. The Labute approximate surface area is 85.7 Å². The topological polar surface area (TPSA) is 49.3 Å². The molecule has 0 aliphatic carbocycles. The Morgan fingerprint density at radius 3 is 2.80 bits per heavy atom. The van der Waals surface area contributed by atoms with Crippen LogP contribution in [0.1, 0.15) is 6.92 Å². The number of nitrogens with one attached hydrogen (secondary N) is 1. The van der Waals surface area contributed by atoms with Gasteiger partial charge in [0.05, 0.1) is 11.6 Å². The lowest BCUT2D eigenvalue weighted by atomic mass is 10.2. The molecule has 0 aliphatic rings. The average Bonchev–Trinajstić information content (AvgIpc) is 2.18. The maximum Gasteiger partial charge on any atom is 0.308 e. The van der Waals surface area contributed by atoms with Gasteiger partial charge in [0, 0.05) is 6.54 Å². The second-order valence-electron chi connectivity index (χ2n) is 3.24. The third-order valence-electron chi connectivity index (χ3n) is 1.95. The number of hydrogen-bond acceptors (Lipinski definition) is 2. The minimum atomic E-state index is -0.987. The Balaban J connectivity index is 2.65. The van der Waals surface area contributed by atoms with Gasteiger partial charge in [0.2, 0.25) is 0 Å². The minimum absolute atomic E-state index is 0.0249. The van der Waals surface area contributed by atoms with Crippen LogP contribution >= 0.6 is 0 Å². The summed E-state index contributed by atoms with van der Waals surface area (Å²) < 4.78 is 25.8. The number of carbonyl (C=O) groups is 1. The summed E-state index contributed by atoms with van der Waals surface area (Å²) in [5, 5.41) is 11.1. The fourth-order valence-corrected chi connectivity index (χ4v) is 0.983. The van der Waals surface area contributed by atoms with Gasteiger partial charge in [0.1, 0.15) is 11.6 Å². The van der Waals surface area contributed by atoms with Gasteiger partial charge in [-0.15, -0.1) is 0 Å². The molecule has 0 bridgehead atoms. The van der Waals surface area contributed by atoms with E-state index in [-0.39, 0.29) is 12.2 Å². The van der Waals surface area contributed by atoms with Crippen molar-refractivity contribution in [2.24, 2.45) is 5.92 Å².